The third-order valence-corrected chi connectivity index (χ3v) is 10.00. The molecule has 2 aliphatic rings. The minimum Gasteiger partial charge on any atom is -0.481 e. The number of nitro benzene ring substituents is 1. The van der Waals surface area contributed by atoms with Crippen molar-refractivity contribution in [3.05, 3.63) is 98.8 Å². The van der Waals surface area contributed by atoms with Crippen LogP contribution in [-0.4, -0.2) is 46.2 Å². The molecule has 0 fully saturated rings. The molecule has 0 radical (unpaired) electrons. The summed E-state index contributed by atoms with van der Waals surface area (Å²) >= 11 is 0. The maximum atomic E-state index is 13.9. The van der Waals surface area contributed by atoms with Crippen LogP contribution in [0, 0.1) is 21.4 Å². The average molecular weight is 709 g/mol. The number of carbonyl (C=O) groups is 2. The van der Waals surface area contributed by atoms with E-state index in [2.05, 4.69) is 13.0 Å². The standard InChI is InChI=1S/C38H43F3N4O6/c1-5-6-7-8-19-37(4)29-22-26(38(39,40)41)11-13-31(29)44(21-18-35(48)49)33(37)16-10-25(24-42)9-15-32-36(2,3)28-23-27(45(50)51)12-14-30(28)43(32)20-17-34(46)47/h9-16,22-23,33H,5-8,17-21H2,1-4H3,(H,46,47)(H,48,49)/b16-10+,25-9-,32-15+. The van der Waals surface area contributed by atoms with Gasteiger partial charge in [0.25, 0.3) is 5.69 Å². The number of fused-ring (bicyclic) bond motifs is 2. The van der Waals surface area contributed by atoms with Crippen molar-refractivity contribution < 1.29 is 37.9 Å². The molecule has 2 aliphatic heterocycles. The number of non-ortho nitro benzene ring substituents is 1. The molecule has 0 saturated heterocycles. The molecule has 0 amide bonds. The molecule has 272 valence electrons. The van der Waals surface area contributed by atoms with E-state index in [0.717, 1.165) is 37.8 Å². The van der Waals surface area contributed by atoms with Gasteiger partial charge in [-0.25, -0.2) is 0 Å². The highest BCUT2D eigenvalue weighted by Gasteiger charge is 2.47. The second kappa shape index (κ2) is 15.4. The van der Waals surface area contributed by atoms with Crippen molar-refractivity contribution in [2.24, 2.45) is 0 Å². The van der Waals surface area contributed by atoms with Crippen LogP contribution in [0.3, 0.4) is 0 Å². The summed E-state index contributed by atoms with van der Waals surface area (Å²) in [6.07, 6.45) is 5.63. The first-order valence-electron chi connectivity index (χ1n) is 16.9. The Morgan fingerprint density at radius 1 is 1.00 bits per heavy atom. The summed E-state index contributed by atoms with van der Waals surface area (Å²) in [7, 11) is 0. The number of carboxylic acid groups (broad SMARTS) is 2. The molecular weight excluding hydrogens is 665 g/mol. The van der Waals surface area contributed by atoms with E-state index in [1.165, 1.54) is 18.2 Å². The Morgan fingerprint density at radius 2 is 1.67 bits per heavy atom. The smallest absolute Gasteiger partial charge is 0.416 e. The van der Waals surface area contributed by atoms with Crippen LogP contribution in [0.15, 0.2) is 72.0 Å². The van der Waals surface area contributed by atoms with Gasteiger partial charge in [0.2, 0.25) is 0 Å². The molecule has 13 heteroatoms. The molecule has 10 nitrogen and oxygen atoms in total. The zero-order valence-electron chi connectivity index (χ0n) is 29.2. The first-order chi connectivity index (χ1) is 23.9. The fourth-order valence-corrected chi connectivity index (χ4v) is 7.29. The van der Waals surface area contributed by atoms with Gasteiger partial charge in [0.15, 0.2) is 0 Å². The van der Waals surface area contributed by atoms with Crippen molar-refractivity contribution in [3.63, 3.8) is 0 Å². The Kier molecular flexibility index (Phi) is 11.7. The number of nitriles is 1. The monoisotopic (exact) mass is 708 g/mol. The van der Waals surface area contributed by atoms with Crippen molar-refractivity contribution in [2.45, 2.75) is 95.7 Å². The van der Waals surface area contributed by atoms with Crippen molar-refractivity contribution in [1.29, 1.82) is 5.26 Å². The van der Waals surface area contributed by atoms with E-state index >= 15 is 0 Å². The van der Waals surface area contributed by atoms with E-state index < -0.39 is 45.5 Å². The predicted octanol–water partition coefficient (Wildman–Crippen LogP) is 8.67. The summed E-state index contributed by atoms with van der Waals surface area (Å²) in [6.45, 7) is 7.78. The lowest BCUT2D eigenvalue weighted by atomic mass is 9.73. The first-order valence-corrected chi connectivity index (χ1v) is 16.9. The summed E-state index contributed by atoms with van der Waals surface area (Å²) in [6, 6.07) is 9.57. The average Bonchev–Trinajstić information content (AvgIpc) is 3.42. The molecule has 2 aromatic carbocycles. The summed E-state index contributed by atoms with van der Waals surface area (Å²) in [5, 5.41) is 40.7. The van der Waals surface area contributed by atoms with Crippen LogP contribution in [0.2, 0.25) is 0 Å². The Morgan fingerprint density at radius 3 is 2.27 bits per heavy atom. The van der Waals surface area contributed by atoms with Crippen molar-refractivity contribution in [2.75, 3.05) is 22.9 Å². The lowest BCUT2D eigenvalue weighted by molar-refractivity contribution is -0.384. The molecule has 0 aromatic heterocycles. The highest BCUT2D eigenvalue weighted by Crippen LogP contribution is 2.51. The van der Waals surface area contributed by atoms with Gasteiger partial charge in [-0.2, -0.15) is 18.4 Å². The maximum absolute atomic E-state index is 13.9. The van der Waals surface area contributed by atoms with Gasteiger partial charge in [0.05, 0.1) is 41.0 Å². The number of benzene rings is 2. The fraction of sp³-hybridized carbons (Fsp3) is 0.447. The molecule has 4 rings (SSSR count). The third kappa shape index (κ3) is 8.27. The van der Waals surface area contributed by atoms with Gasteiger partial charge >= 0.3 is 18.1 Å². The zero-order valence-corrected chi connectivity index (χ0v) is 29.2. The summed E-state index contributed by atoms with van der Waals surface area (Å²) < 4.78 is 41.8. The lowest BCUT2D eigenvalue weighted by Crippen LogP contribution is -2.42. The molecule has 0 bridgehead atoms. The van der Waals surface area contributed by atoms with Gasteiger partial charge in [-0.15, -0.1) is 0 Å². The van der Waals surface area contributed by atoms with Crippen LogP contribution in [-0.2, 0) is 26.6 Å². The predicted molar refractivity (Wildman–Crippen MR) is 188 cm³/mol. The van der Waals surface area contributed by atoms with Gasteiger partial charge in [0, 0.05) is 53.1 Å². The van der Waals surface area contributed by atoms with E-state index in [0.29, 0.717) is 34.6 Å². The number of anilines is 2. The van der Waals surface area contributed by atoms with Gasteiger partial charge in [-0.05, 0) is 60.0 Å². The second-order valence-electron chi connectivity index (χ2n) is 13.8. The molecule has 2 N–H and O–H groups in total. The van der Waals surface area contributed by atoms with Gasteiger partial charge in [0.1, 0.15) is 0 Å². The zero-order chi connectivity index (χ0) is 37.7. The molecule has 0 saturated carbocycles. The minimum atomic E-state index is -4.57. The van der Waals surface area contributed by atoms with Crippen molar-refractivity contribution in [1.82, 2.24) is 0 Å². The summed E-state index contributed by atoms with van der Waals surface area (Å²) in [5.41, 5.74) is 0.538. The highest BCUT2D eigenvalue weighted by molar-refractivity contribution is 5.75. The molecule has 2 heterocycles. The fourth-order valence-electron chi connectivity index (χ4n) is 7.29. The van der Waals surface area contributed by atoms with Crippen LogP contribution >= 0.6 is 0 Å². The minimum absolute atomic E-state index is 0.0417. The Balaban J connectivity index is 1.79. The topological polar surface area (TPSA) is 148 Å². The van der Waals surface area contributed by atoms with Crippen LogP contribution in [0.25, 0.3) is 0 Å². The molecule has 51 heavy (non-hydrogen) atoms. The van der Waals surface area contributed by atoms with Crippen molar-refractivity contribution in [3.8, 4) is 6.07 Å². The van der Waals surface area contributed by atoms with Crippen LogP contribution < -0.4 is 9.80 Å². The normalized spacial score (nSPS) is 20.5. The molecule has 2 atom stereocenters. The summed E-state index contributed by atoms with van der Waals surface area (Å²) in [4.78, 5) is 37.8. The summed E-state index contributed by atoms with van der Waals surface area (Å²) in [5.74, 6) is -2.08. The number of hydrogen-bond acceptors (Lipinski definition) is 7. The van der Waals surface area contributed by atoms with Crippen molar-refractivity contribution >= 4 is 29.0 Å². The molecule has 2 aromatic rings. The van der Waals surface area contributed by atoms with Gasteiger partial charge in [-0.1, -0.05) is 59.5 Å². The van der Waals surface area contributed by atoms with Crippen LogP contribution in [0.5, 0.6) is 0 Å². The Bertz CT molecular complexity index is 1810. The van der Waals surface area contributed by atoms with Crippen LogP contribution in [0.4, 0.5) is 30.2 Å². The molecule has 2 unspecified atom stereocenters. The number of halogens is 3. The molecular formula is C38H43F3N4O6. The Labute approximate surface area is 295 Å². The number of hydrogen-bond donors (Lipinski definition) is 2. The number of alkyl halides is 3. The first kappa shape index (κ1) is 38.7. The number of unbranched alkanes of at least 4 members (excludes halogenated alkanes) is 3. The number of nitro groups is 1. The second-order valence-corrected chi connectivity index (χ2v) is 13.8. The van der Waals surface area contributed by atoms with E-state index in [1.54, 1.807) is 35.3 Å². The van der Waals surface area contributed by atoms with E-state index in [-0.39, 0.29) is 37.2 Å². The van der Waals surface area contributed by atoms with Gasteiger partial charge < -0.3 is 20.0 Å². The number of allylic oxidation sites excluding steroid dienone is 5. The Hall–Kier alpha value is -5.12. The largest absolute Gasteiger partial charge is 0.481 e. The quantitative estimate of drug-likeness (QED) is 0.0610. The molecule has 0 spiro atoms. The molecule has 0 aliphatic carbocycles. The number of aliphatic carboxylic acids is 2. The highest BCUT2D eigenvalue weighted by atomic mass is 19.4. The number of carboxylic acids is 2. The van der Waals surface area contributed by atoms with E-state index in [9.17, 15) is 48.3 Å². The van der Waals surface area contributed by atoms with E-state index in [4.69, 9.17) is 0 Å². The number of rotatable bonds is 15. The lowest BCUT2D eigenvalue weighted by Gasteiger charge is -2.35. The van der Waals surface area contributed by atoms with E-state index in [1.807, 2.05) is 25.7 Å². The third-order valence-electron chi connectivity index (χ3n) is 10.00. The van der Waals surface area contributed by atoms with Crippen LogP contribution in [0.1, 0.15) is 89.3 Å². The maximum Gasteiger partial charge on any atom is 0.416 e. The number of nitrogens with zero attached hydrogens (tertiary/aromatic N) is 4. The SMILES string of the molecule is CCCCCCC1(C)c2cc(C(F)(F)F)ccc2N(CCC(=O)O)C1/C=C/C(C#N)=C/C=C1/N(CCC(=O)O)c2ccc([N+](=O)[O-])cc2C1(C)C. The van der Waals surface area contributed by atoms with Gasteiger partial charge in [-0.3, -0.25) is 19.7 Å².